The van der Waals surface area contributed by atoms with Gasteiger partial charge < -0.3 is 37.8 Å². The molecule has 0 aliphatic carbocycles. The highest BCUT2D eigenvalue weighted by Gasteiger charge is 2.36. The number of primary amides is 2. The summed E-state index contributed by atoms with van der Waals surface area (Å²) in [5, 5.41) is 13.6. The van der Waals surface area contributed by atoms with Crippen molar-refractivity contribution >= 4 is 35.5 Å². The van der Waals surface area contributed by atoms with Crippen molar-refractivity contribution in [3.8, 4) is 0 Å². The topological polar surface area (TPSA) is 228 Å². The Hall–Kier alpha value is -3.22. The van der Waals surface area contributed by atoms with Gasteiger partial charge in [-0.3, -0.25) is 24.0 Å². The average molecular weight is 414 g/mol. The largest absolute Gasteiger partial charge is 0.480 e. The van der Waals surface area contributed by atoms with Gasteiger partial charge in [-0.25, -0.2) is 4.79 Å². The highest BCUT2D eigenvalue weighted by atomic mass is 16.4. The summed E-state index contributed by atoms with van der Waals surface area (Å²) in [6.07, 6.45) is 0.171. The molecule has 13 nitrogen and oxygen atoms in total. The molecule has 9 N–H and O–H groups in total. The Labute approximate surface area is 166 Å². The van der Waals surface area contributed by atoms with Gasteiger partial charge in [0.2, 0.25) is 29.5 Å². The minimum Gasteiger partial charge on any atom is -0.480 e. The van der Waals surface area contributed by atoms with Gasteiger partial charge in [-0.1, -0.05) is 0 Å². The highest BCUT2D eigenvalue weighted by Crippen LogP contribution is 2.17. The molecule has 0 spiro atoms. The van der Waals surface area contributed by atoms with Gasteiger partial charge in [-0.2, -0.15) is 0 Å². The Bertz CT molecular complexity index is 683. The molecule has 0 bridgehead atoms. The minimum atomic E-state index is -1.50. The molecule has 0 aromatic heterocycles. The maximum absolute atomic E-state index is 12.4. The average Bonchev–Trinajstić information content (AvgIpc) is 3.12. The normalized spacial score (nSPS) is 17.8. The SMILES string of the molecule is NC(=O)CCC(N)C(=O)NCC(=O)N1CCCC1C(=O)NC(CC(N)=O)C(=O)O. The van der Waals surface area contributed by atoms with Crippen molar-refractivity contribution in [2.45, 2.75) is 50.2 Å². The number of carbonyl (C=O) groups excluding carboxylic acids is 5. The lowest BCUT2D eigenvalue weighted by molar-refractivity contribution is -0.145. The number of amides is 5. The third-order valence-corrected chi connectivity index (χ3v) is 4.35. The zero-order valence-corrected chi connectivity index (χ0v) is 15.8. The third-order valence-electron chi connectivity index (χ3n) is 4.35. The van der Waals surface area contributed by atoms with Crippen molar-refractivity contribution in [3.05, 3.63) is 0 Å². The molecule has 162 valence electrons. The smallest absolute Gasteiger partial charge is 0.326 e. The van der Waals surface area contributed by atoms with E-state index in [0.29, 0.717) is 12.8 Å². The summed E-state index contributed by atoms with van der Waals surface area (Å²) in [6, 6.07) is -3.45. The Morgan fingerprint density at radius 2 is 1.76 bits per heavy atom. The van der Waals surface area contributed by atoms with Crippen molar-refractivity contribution in [1.82, 2.24) is 15.5 Å². The van der Waals surface area contributed by atoms with Crippen LogP contribution in [0.3, 0.4) is 0 Å². The maximum atomic E-state index is 12.4. The third kappa shape index (κ3) is 7.73. The van der Waals surface area contributed by atoms with Crippen LogP contribution in [0.25, 0.3) is 0 Å². The van der Waals surface area contributed by atoms with Crippen molar-refractivity contribution in [2.75, 3.05) is 13.1 Å². The number of hydrogen-bond donors (Lipinski definition) is 6. The first kappa shape index (κ1) is 23.8. The van der Waals surface area contributed by atoms with Crippen LogP contribution in [-0.2, 0) is 28.8 Å². The molecule has 3 unspecified atom stereocenters. The van der Waals surface area contributed by atoms with Gasteiger partial charge in [-0.15, -0.1) is 0 Å². The van der Waals surface area contributed by atoms with Crippen LogP contribution in [0.4, 0.5) is 0 Å². The molecule has 0 saturated carbocycles. The van der Waals surface area contributed by atoms with Gasteiger partial charge in [0, 0.05) is 13.0 Å². The maximum Gasteiger partial charge on any atom is 0.326 e. The number of hydrogen-bond acceptors (Lipinski definition) is 7. The van der Waals surface area contributed by atoms with E-state index in [1.807, 2.05) is 0 Å². The standard InChI is InChI=1S/C16H26N6O7/c17-8(3-4-11(18)23)14(26)20-7-13(25)22-5-1-2-10(22)15(27)21-9(16(28)29)6-12(19)24/h8-10H,1-7,17H2,(H2,18,23)(H2,19,24)(H,20,26)(H,21,27)(H,28,29). The van der Waals surface area contributed by atoms with E-state index in [9.17, 15) is 28.8 Å². The van der Waals surface area contributed by atoms with E-state index in [0.717, 1.165) is 0 Å². The predicted octanol–water partition coefficient (Wildman–Crippen LogP) is -3.87. The number of nitrogens with zero attached hydrogens (tertiary/aromatic N) is 1. The van der Waals surface area contributed by atoms with Crippen molar-refractivity contribution in [3.63, 3.8) is 0 Å². The fourth-order valence-corrected chi connectivity index (χ4v) is 2.83. The number of nitrogens with one attached hydrogen (secondary N) is 2. The fourth-order valence-electron chi connectivity index (χ4n) is 2.83. The number of carboxylic acid groups (broad SMARTS) is 1. The molecule has 5 amide bonds. The molecular formula is C16H26N6O7. The molecule has 13 heteroatoms. The highest BCUT2D eigenvalue weighted by molar-refractivity contribution is 5.94. The first-order valence-electron chi connectivity index (χ1n) is 8.95. The van der Waals surface area contributed by atoms with Gasteiger partial charge in [-0.05, 0) is 19.3 Å². The van der Waals surface area contributed by atoms with Gasteiger partial charge >= 0.3 is 5.97 Å². The van der Waals surface area contributed by atoms with Crippen LogP contribution in [0, 0.1) is 0 Å². The number of carbonyl (C=O) groups is 6. The monoisotopic (exact) mass is 414 g/mol. The van der Waals surface area contributed by atoms with Crippen LogP contribution < -0.4 is 27.8 Å². The van der Waals surface area contributed by atoms with Crippen LogP contribution >= 0.6 is 0 Å². The molecule has 3 atom stereocenters. The van der Waals surface area contributed by atoms with Crippen LogP contribution in [0.5, 0.6) is 0 Å². The molecule has 1 heterocycles. The van der Waals surface area contributed by atoms with E-state index in [4.69, 9.17) is 22.3 Å². The molecule has 1 aliphatic heterocycles. The van der Waals surface area contributed by atoms with Gasteiger partial charge in [0.25, 0.3) is 0 Å². The van der Waals surface area contributed by atoms with E-state index >= 15 is 0 Å². The molecule has 1 rings (SSSR count). The van der Waals surface area contributed by atoms with Gasteiger partial charge in [0.05, 0.1) is 19.0 Å². The van der Waals surface area contributed by atoms with Gasteiger partial charge in [0.15, 0.2) is 0 Å². The van der Waals surface area contributed by atoms with E-state index in [2.05, 4.69) is 10.6 Å². The summed E-state index contributed by atoms with van der Waals surface area (Å²) in [5.41, 5.74) is 15.6. The summed E-state index contributed by atoms with van der Waals surface area (Å²) in [5.74, 6) is -4.86. The second-order valence-electron chi connectivity index (χ2n) is 6.64. The summed E-state index contributed by atoms with van der Waals surface area (Å²) in [7, 11) is 0. The number of nitrogens with two attached hydrogens (primary N) is 3. The summed E-state index contributed by atoms with van der Waals surface area (Å²) in [4.78, 5) is 70.6. The molecule has 1 saturated heterocycles. The molecule has 0 aromatic rings. The van der Waals surface area contributed by atoms with Crippen LogP contribution in [0.1, 0.15) is 32.1 Å². The van der Waals surface area contributed by atoms with E-state index in [1.165, 1.54) is 4.90 Å². The Balaban J connectivity index is 2.61. The van der Waals surface area contributed by atoms with E-state index in [-0.39, 0.29) is 19.4 Å². The van der Waals surface area contributed by atoms with Gasteiger partial charge in [0.1, 0.15) is 12.1 Å². The second kappa shape index (κ2) is 10.9. The van der Waals surface area contributed by atoms with Crippen LogP contribution in [0.15, 0.2) is 0 Å². The van der Waals surface area contributed by atoms with Crippen molar-refractivity contribution in [2.24, 2.45) is 17.2 Å². The minimum absolute atomic E-state index is 0.0283. The second-order valence-corrected chi connectivity index (χ2v) is 6.64. The Kier molecular flexibility index (Phi) is 8.99. The molecule has 1 fully saturated rings. The number of aliphatic carboxylic acids is 1. The summed E-state index contributed by atoms with van der Waals surface area (Å²) >= 11 is 0. The predicted molar refractivity (Wildman–Crippen MR) is 97.5 cm³/mol. The Morgan fingerprint density at radius 1 is 1.10 bits per heavy atom. The quantitative estimate of drug-likeness (QED) is 0.195. The lowest BCUT2D eigenvalue weighted by Gasteiger charge is -2.25. The molecule has 0 radical (unpaired) electrons. The molecule has 0 aromatic carbocycles. The molecule has 1 aliphatic rings. The lowest BCUT2D eigenvalue weighted by Crippen LogP contribution is -2.53. The summed E-state index contributed by atoms with van der Waals surface area (Å²) < 4.78 is 0. The zero-order valence-electron chi connectivity index (χ0n) is 15.8. The first-order valence-corrected chi connectivity index (χ1v) is 8.95. The number of rotatable bonds is 11. The van der Waals surface area contributed by atoms with Crippen LogP contribution in [-0.4, -0.2) is 76.7 Å². The van der Waals surface area contributed by atoms with E-state index < -0.39 is 66.6 Å². The van der Waals surface area contributed by atoms with E-state index in [1.54, 1.807) is 0 Å². The number of carboxylic acids is 1. The zero-order chi connectivity index (χ0) is 22.1. The lowest BCUT2D eigenvalue weighted by atomic mass is 10.1. The molecule has 29 heavy (non-hydrogen) atoms. The first-order chi connectivity index (χ1) is 13.5. The number of likely N-dealkylation sites (tertiary alicyclic amines) is 1. The summed E-state index contributed by atoms with van der Waals surface area (Å²) in [6.45, 7) is -0.176. The Morgan fingerprint density at radius 3 is 2.31 bits per heavy atom. The van der Waals surface area contributed by atoms with Crippen molar-refractivity contribution in [1.29, 1.82) is 0 Å². The molecular weight excluding hydrogens is 388 g/mol. The van der Waals surface area contributed by atoms with Crippen LogP contribution in [0.2, 0.25) is 0 Å². The fraction of sp³-hybridized carbons (Fsp3) is 0.625. The van der Waals surface area contributed by atoms with Crippen molar-refractivity contribution < 1.29 is 33.9 Å².